The van der Waals surface area contributed by atoms with Crippen molar-refractivity contribution in [2.45, 2.75) is 26.8 Å². The molecule has 0 aromatic carbocycles. The SMILES string of the molecule is Cc1c(=N)o[n-][n+]1C(C)C. The summed E-state index contributed by atoms with van der Waals surface area (Å²) in [5.74, 6) is 0. The molecule has 0 fully saturated rings. The first kappa shape index (κ1) is 7.05. The van der Waals surface area contributed by atoms with Gasteiger partial charge >= 0.3 is 0 Å². The van der Waals surface area contributed by atoms with Crippen LogP contribution in [0.2, 0.25) is 0 Å². The second kappa shape index (κ2) is 2.28. The zero-order chi connectivity index (χ0) is 7.72. The summed E-state index contributed by atoms with van der Waals surface area (Å²) in [6.07, 6.45) is 0. The van der Waals surface area contributed by atoms with E-state index in [1.807, 2.05) is 20.8 Å². The van der Waals surface area contributed by atoms with Crippen LogP contribution in [0.15, 0.2) is 4.52 Å². The molecule has 1 aromatic heterocycles. The van der Waals surface area contributed by atoms with Gasteiger partial charge in [-0.3, -0.25) is 10.7 Å². The first-order valence-corrected chi connectivity index (χ1v) is 3.22. The molecule has 0 radical (unpaired) electrons. The van der Waals surface area contributed by atoms with Crippen molar-refractivity contribution in [2.75, 3.05) is 0 Å². The topological polar surface area (TPSA) is 55.0 Å². The van der Waals surface area contributed by atoms with Crippen LogP contribution in [-0.4, -0.2) is 0 Å². The van der Waals surface area contributed by atoms with Crippen LogP contribution in [0.3, 0.4) is 0 Å². The van der Waals surface area contributed by atoms with Crippen LogP contribution < -0.4 is 15.5 Å². The molecule has 4 heteroatoms. The van der Waals surface area contributed by atoms with E-state index in [0.717, 1.165) is 5.69 Å². The Labute approximate surface area is 58.9 Å². The lowest BCUT2D eigenvalue weighted by atomic mass is 10.4. The van der Waals surface area contributed by atoms with Gasteiger partial charge in [0, 0.05) is 6.92 Å². The van der Waals surface area contributed by atoms with Crippen molar-refractivity contribution in [3.63, 3.8) is 0 Å². The van der Waals surface area contributed by atoms with Crippen LogP contribution in [0, 0.1) is 12.3 Å². The van der Waals surface area contributed by atoms with E-state index in [4.69, 9.17) is 5.41 Å². The van der Waals surface area contributed by atoms with Crippen molar-refractivity contribution < 1.29 is 9.20 Å². The highest BCUT2D eigenvalue weighted by Gasteiger charge is 2.07. The number of aromatic nitrogens is 2. The van der Waals surface area contributed by atoms with Crippen molar-refractivity contribution in [3.8, 4) is 0 Å². The number of nitrogens with zero attached hydrogens (tertiary/aromatic N) is 2. The fourth-order valence-electron chi connectivity index (χ4n) is 0.798. The molecule has 0 bridgehead atoms. The largest absolute Gasteiger partial charge is 0.487 e. The van der Waals surface area contributed by atoms with E-state index in [-0.39, 0.29) is 11.6 Å². The van der Waals surface area contributed by atoms with Crippen LogP contribution in [-0.2, 0) is 0 Å². The molecule has 0 saturated heterocycles. The average molecular weight is 141 g/mol. The van der Waals surface area contributed by atoms with Gasteiger partial charge in [0.2, 0.25) is 5.69 Å². The molecule has 0 aliphatic carbocycles. The van der Waals surface area contributed by atoms with Crippen LogP contribution in [0.5, 0.6) is 0 Å². The smallest absolute Gasteiger partial charge is 0.267 e. The third-order valence-corrected chi connectivity index (χ3v) is 1.38. The Balaban J connectivity index is 3.18. The lowest BCUT2D eigenvalue weighted by Crippen LogP contribution is -2.43. The summed E-state index contributed by atoms with van der Waals surface area (Å²) in [4.78, 5) is 0. The minimum atomic E-state index is 0.147. The van der Waals surface area contributed by atoms with Crippen molar-refractivity contribution >= 4 is 0 Å². The summed E-state index contributed by atoms with van der Waals surface area (Å²) >= 11 is 0. The molecule has 56 valence electrons. The normalized spacial score (nSPS) is 10.8. The molecule has 0 unspecified atom stereocenters. The molecule has 1 N–H and O–H groups in total. The Morgan fingerprint density at radius 1 is 1.60 bits per heavy atom. The molecule has 10 heavy (non-hydrogen) atoms. The Morgan fingerprint density at radius 3 is 2.40 bits per heavy atom. The second-order valence-corrected chi connectivity index (χ2v) is 2.53. The molecule has 0 spiro atoms. The van der Waals surface area contributed by atoms with E-state index in [2.05, 4.69) is 9.79 Å². The molecule has 0 aliphatic rings. The fourth-order valence-corrected chi connectivity index (χ4v) is 0.798. The summed E-state index contributed by atoms with van der Waals surface area (Å²) in [5, 5.41) is 10.9. The van der Waals surface area contributed by atoms with Crippen molar-refractivity contribution in [1.82, 2.24) is 5.27 Å². The molecule has 1 heterocycles. The van der Waals surface area contributed by atoms with E-state index in [0.29, 0.717) is 0 Å². The van der Waals surface area contributed by atoms with Gasteiger partial charge in [0.1, 0.15) is 6.04 Å². The van der Waals surface area contributed by atoms with Crippen molar-refractivity contribution in [1.29, 1.82) is 5.41 Å². The predicted octanol–water partition coefficient (Wildman–Crippen LogP) is -0.107. The summed E-state index contributed by atoms with van der Waals surface area (Å²) in [6.45, 7) is 5.81. The van der Waals surface area contributed by atoms with Gasteiger partial charge in [-0.05, 0) is 13.8 Å². The van der Waals surface area contributed by atoms with Gasteiger partial charge in [0.05, 0.1) is 0 Å². The van der Waals surface area contributed by atoms with Gasteiger partial charge in [-0.1, -0.05) is 0 Å². The number of nitrogens with one attached hydrogen (secondary N) is 1. The van der Waals surface area contributed by atoms with Gasteiger partial charge < -0.3 is 4.52 Å². The third-order valence-electron chi connectivity index (χ3n) is 1.38. The monoisotopic (exact) mass is 141 g/mol. The maximum Gasteiger partial charge on any atom is 0.267 e. The maximum absolute atomic E-state index is 7.18. The van der Waals surface area contributed by atoms with E-state index >= 15 is 0 Å². The van der Waals surface area contributed by atoms with Crippen molar-refractivity contribution in [3.05, 3.63) is 11.2 Å². The third kappa shape index (κ3) is 0.964. The zero-order valence-electron chi connectivity index (χ0n) is 6.38. The highest BCUT2D eigenvalue weighted by Crippen LogP contribution is 1.87. The van der Waals surface area contributed by atoms with E-state index < -0.39 is 0 Å². The molecular formula is C6H11N3O. The molecule has 1 aromatic rings. The number of rotatable bonds is 1. The summed E-state index contributed by atoms with van der Waals surface area (Å²) < 4.78 is 6.32. The molecule has 0 amide bonds. The quantitative estimate of drug-likeness (QED) is 0.555. The molecule has 0 aliphatic heterocycles. The van der Waals surface area contributed by atoms with E-state index in [9.17, 15) is 0 Å². The van der Waals surface area contributed by atoms with E-state index in [1.165, 1.54) is 0 Å². The highest BCUT2D eigenvalue weighted by atomic mass is 16.5. The molecule has 1 rings (SSSR count). The molecule has 0 atom stereocenters. The summed E-state index contributed by atoms with van der Waals surface area (Å²) in [7, 11) is 0. The summed E-state index contributed by atoms with van der Waals surface area (Å²) in [6, 6.07) is 0.267. The van der Waals surface area contributed by atoms with Gasteiger partial charge in [-0.2, -0.15) is 0 Å². The van der Waals surface area contributed by atoms with Crippen LogP contribution in [0.1, 0.15) is 25.6 Å². The standard InChI is InChI=1S/C6H11N3O/c1-4(2)9-5(3)6(7)10-8-9/h4,7H,1-3H3. The van der Waals surface area contributed by atoms with Crippen LogP contribution in [0.25, 0.3) is 0 Å². The Bertz CT molecular complexity index is 271. The van der Waals surface area contributed by atoms with Gasteiger partial charge in [-0.15, -0.1) is 0 Å². The highest BCUT2D eigenvalue weighted by molar-refractivity contribution is 4.71. The minimum Gasteiger partial charge on any atom is -0.487 e. The lowest BCUT2D eigenvalue weighted by molar-refractivity contribution is -0.789. The van der Waals surface area contributed by atoms with Gasteiger partial charge in [0.25, 0.3) is 5.55 Å². The zero-order valence-corrected chi connectivity index (χ0v) is 6.38. The van der Waals surface area contributed by atoms with Crippen LogP contribution in [0.4, 0.5) is 0 Å². The van der Waals surface area contributed by atoms with Crippen molar-refractivity contribution in [2.24, 2.45) is 0 Å². The molecule has 0 saturated carbocycles. The summed E-state index contributed by atoms with van der Waals surface area (Å²) in [5.41, 5.74) is 0.920. The Kier molecular flexibility index (Phi) is 1.61. The predicted molar refractivity (Wildman–Crippen MR) is 33.2 cm³/mol. The average Bonchev–Trinajstić information content (AvgIpc) is 2.14. The first-order valence-electron chi connectivity index (χ1n) is 3.22. The Morgan fingerprint density at radius 2 is 2.20 bits per heavy atom. The van der Waals surface area contributed by atoms with Gasteiger partial charge in [0.15, 0.2) is 0 Å². The first-order chi connectivity index (χ1) is 4.63. The minimum absolute atomic E-state index is 0.147. The molecule has 4 nitrogen and oxygen atoms in total. The second-order valence-electron chi connectivity index (χ2n) is 2.53. The number of hydrogen-bond donors (Lipinski definition) is 1. The maximum atomic E-state index is 7.18. The van der Waals surface area contributed by atoms with Crippen LogP contribution >= 0.6 is 0 Å². The Hall–Kier alpha value is -1.06. The number of hydrogen-bond acceptors (Lipinski definition) is 2. The fraction of sp³-hybridized carbons (Fsp3) is 0.667. The van der Waals surface area contributed by atoms with Gasteiger partial charge in [-0.25, -0.2) is 4.68 Å². The van der Waals surface area contributed by atoms with E-state index in [1.54, 1.807) is 4.68 Å². The molecular weight excluding hydrogens is 130 g/mol. The lowest BCUT2D eigenvalue weighted by Gasteiger charge is -2.01.